The van der Waals surface area contributed by atoms with Gasteiger partial charge in [0, 0.05) is 17.8 Å². The second kappa shape index (κ2) is 9.84. The first-order valence-corrected chi connectivity index (χ1v) is 8.81. The summed E-state index contributed by atoms with van der Waals surface area (Å²) in [7, 11) is 1.47. The van der Waals surface area contributed by atoms with Crippen LogP contribution in [0.5, 0.6) is 23.0 Å². The lowest BCUT2D eigenvalue weighted by Gasteiger charge is -2.08. The molecule has 9 heteroatoms. The molecule has 0 saturated heterocycles. The van der Waals surface area contributed by atoms with Gasteiger partial charge < -0.3 is 29.0 Å². The van der Waals surface area contributed by atoms with Gasteiger partial charge in [-0.15, -0.1) is 0 Å². The summed E-state index contributed by atoms with van der Waals surface area (Å²) in [5.41, 5.74) is 1.15. The summed E-state index contributed by atoms with van der Waals surface area (Å²) in [5, 5.41) is 11.2. The number of nitrogens with zero attached hydrogens (tertiary/aromatic N) is 1. The Morgan fingerprint density at radius 1 is 1.17 bits per heavy atom. The number of esters is 1. The molecule has 0 spiro atoms. The van der Waals surface area contributed by atoms with Gasteiger partial charge in [-0.05, 0) is 35.9 Å². The van der Waals surface area contributed by atoms with Crippen LogP contribution in [0.1, 0.15) is 5.56 Å². The SMILES string of the molecule is COc1cc(/C=C/C(=O)OCC(=O)Nc2ccc3c(c2)OCO3)ccc1OCC#N. The first-order chi connectivity index (χ1) is 14.6. The molecule has 9 nitrogen and oxygen atoms in total. The van der Waals surface area contributed by atoms with E-state index in [-0.39, 0.29) is 13.4 Å². The van der Waals surface area contributed by atoms with Crippen molar-refractivity contribution in [1.29, 1.82) is 5.26 Å². The molecule has 2 aromatic carbocycles. The average molecular weight is 410 g/mol. The summed E-state index contributed by atoms with van der Waals surface area (Å²) in [6.07, 6.45) is 2.70. The van der Waals surface area contributed by atoms with Gasteiger partial charge in [0.05, 0.1) is 7.11 Å². The number of carbonyl (C=O) groups excluding carboxylic acids is 2. The third kappa shape index (κ3) is 5.42. The molecule has 1 amide bonds. The number of nitrogens with one attached hydrogen (secondary N) is 1. The van der Waals surface area contributed by atoms with Crippen molar-refractivity contribution in [3.05, 3.63) is 48.0 Å². The standard InChI is InChI=1S/C21H18N2O7/c1-26-18-10-14(2-5-16(18)27-9-8-22)3-7-21(25)28-12-20(24)23-15-4-6-17-19(11-15)30-13-29-17/h2-7,10-11H,9,12-13H2,1H3,(H,23,24)/b7-3+. The predicted octanol–water partition coefficient (Wildman–Crippen LogP) is 2.52. The number of ether oxygens (including phenoxy) is 5. The Kier molecular flexibility index (Phi) is 6.74. The van der Waals surface area contributed by atoms with Crippen molar-refractivity contribution in [3.8, 4) is 29.1 Å². The van der Waals surface area contributed by atoms with E-state index in [0.29, 0.717) is 34.2 Å². The largest absolute Gasteiger partial charge is 0.493 e. The van der Waals surface area contributed by atoms with Gasteiger partial charge in [0.15, 0.2) is 36.2 Å². The fourth-order valence-electron chi connectivity index (χ4n) is 2.54. The third-order valence-electron chi connectivity index (χ3n) is 3.89. The fourth-order valence-corrected chi connectivity index (χ4v) is 2.54. The molecule has 0 aliphatic carbocycles. The van der Waals surface area contributed by atoms with Crippen LogP contribution < -0.4 is 24.3 Å². The zero-order valence-corrected chi connectivity index (χ0v) is 16.0. The van der Waals surface area contributed by atoms with E-state index in [2.05, 4.69) is 5.32 Å². The van der Waals surface area contributed by atoms with E-state index in [1.807, 2.05) is 6.07 Å². The third-order valence-corrected chi connectivity index (χ3v) is 3.89. The summed E-state index contributed by atoms with van der Waals surface area (Å²) in [5.74, 6) is 0.803. The maximum atomic E-state index is 12.0. The molecule has 0 saturated carbocycles. The Labute approximate surface area is 172 Å². The van der Waals surface area contributed by atoms with Crippen molar-refractivity contribution < 1.29 is 33.3 Å². The summed E-state index contributed by atoms with van der Waals surface area (Å²) >= 11 is 0. The molecule has 1 aliphatic heterocycles. The van der Waals surface area contributed by atoms with E-state index in [9.17, 15) is 9.59 Å². The maximum absolute atomic E-state index is 12.0. The first kappa shape index (κ1) is 20.5. The Balaban J connectivity index is 1.49. The van der Waals surface area contributed by atoms with Gasteiger partial charge in [-0.25, -0.2) is 4.79 Å². The molecule has 2 aromatic rings. The molecule has 154 valence electrons. The van der Waals surface area contributed by atoms with E-state index < -0.39 is 18.5 Å². The molecule has 1 aliphatic rings. The van der Waals surface area contributed by atoms with Gasteiger partial charge in [-0.2, -0.15) is 5.26 Å². The molecule has 3 rings (SSSR count). The Hall–Kier alpha value is -4.19. The molecular formula is C21H18N2O7. The number of benzene rings is 2. The van der Waals surface area contributed by atoms with Crippen LogP contribution in [0.25, 0.3) is 6.08 Å². The lowest BCUT2D eigenvalue weighted by Crippen LogP contribution is -2.20. The number of methoxy groups -OCH3 is 1. The number of amides is 1. The number of rotatable bonds is 8. The van der Waals surface area contributed by atoms with Crippen molar-refractivity contribution in [1.82, 2.24) is 0 Å². The predicted molar refractivity (Wildman–Crippen MR) is 105 cm³/mol. The number of fused-ring (bicyclic) bond motifs is 1. The molecule has 0 bridgehead atoms. The Morgan fingerprint density at radius 3 is 2.80 bits per heavy atom. The summed E-state index contributed by atoms with van der Waals surface area (Å²) in [6, 6.07) is 11.8. The van der Waals surface area contributed by atoms with Gasteiger partial charge >= 0.3 is 5.97 Å². The van der Waals surface area contributed by atoms with Gasteiger partial charge in [0.1, 0.15) is 6.07 Å². The minimum atomic E-state index is -0.681. The molecule has 1 heterocycles. The highest BCUT2D eigenvalue weighted by molar-refractivity contribution is 5.94. The summed E-state index contributed by atoms with van der Waals surface area (Å²) < 4.78 is 25.8. The highest BCUT2D eigenvalue weighted by Crippen LogP contribution is 2.34. The van der Waals surface area contributed by atoms with Crippen LogP contribution in [0, 0.1) is 11.3 Å². The molecule has 0 fully saturated rings. The topological polar surface area (TPSA) is 116 Å². The second-order valence-electron chi connectivity index (χ2n) is 5.91. The minimum absolute atomic E-state index is 0.105. The van der Waals surface area contributed by atoms with Gasteiger partial charge in [-0.3, -0.25) is 4.79 Å². The summed E-state index contributed by atoms with van der Waals surface area (Å²) in [6.45, 7) is -0.410. The normalized spacial score (nSPS) is 11.6. The smallest absolute Gasteiger partial charge is 0.331 e. The average Bonchev–Trinajstić information content (AvgIpc) is 3.23. The van der Waals surface area contributed by atoms with Crippen LogP contribution in [0.15, 0.2) is 42.5 Å². The number of hydrogen-bond acceptors (Lipinski definition) is 8. The van der Waals surface area contributed by atoms with Crippen molar-refractivity contribution >= 4 is 23.6 Å². The molecule has 0 atom stereocenters. The van der Waals surface area contributed by atoms with E-state index in [1.165, 1.54) is 19.3 Å². The molecular weight excluding hydrogens is 392 g/mol. The van der Waals surface area contributed by atoms with Crippen LogP contribution in [0.4, 0.5) is 5.69 Å². The Morgan fingerprint density at radius 2 is 2.00 bits per heavy atom. The lowest BCUT2D eigenvalue weighted by atomic mass is 10.2. The van der Waals surface area contributed by atoms with E-state index in [4.69, 9.17) is 28.9 Å². The van der Waals surface area contributed by atoms with Crippen molar-refractivity contribution in [3.63, 3.8) is 0 Å². The maximum Gasteiger partial charge on any atom is 0.331 e. The number of anilines is 1. The van der Waals surface area contributed by atoms with E-state index in [1.54, 1.807) is 36.4 Å². The van der Waals surface area contributed by atoms with Crippen LogP contribution in [0.2, 0.25) is 0 Å². The monoisotopic (exact) mass is 410 g/mol. The molecule has 0 unspecified atom stereocenters. The second-order valence-corrected chi connectivity index (χ2v) is 5.91. The molecule has 0 aromatic heterocycles. The highest BCUT2D eigenvalue weighted by Gasteiger charge is 2.14. The van der Waals surface area contributed by atoms with Crippen molar-refractivity contribution in [2.24, 2.45) is 0 Å². The van der Waals surface area contributed by atoms with Gasteiger partial charge in [-0.1, -0.05) is 6.07 Å². The van der Waals surface area contributed by atoms with Crippen molar-refractivity contribution in [2.45, 2.75) is 0 Å². The van der Waals surface area contributed by atoms with Gasteiger partial charge in [0.2, 0.25) is 6.79 Å². The zero-order valence-electron chi connectivity index (χ0n) is 16.0. The highest BCUT2D eigenvalue weighted by atomic mass is 16.7. The van der Waals surface area contributed by atoms with E-state index in [0.717, 1.165) is 0 Å². The number of nitriles is 1. The van der Waals surface area contributed by atoms with Crippen LogP contribution in [-0.4, -0.2) is 39.0 Å². The molecule has 1 N–H and O–H groups in total. The van der Waals surface area contributed by atoms with Gasteiger partial charge in [0.25, 0.3) is 5.91 Å². The van der Waals surface area contributed by atoms with Crippen LogP contribution in [0.3, 0.4) is 0 Å². The first-order valence-electron chi connectivity index (χ1n) is 8.81. The minimum Gasteiger partial charge on any atom is -0.493 e. The van der Waals surface area contributed by atoms with E-state index >= 15 is 0 Å². The molecule has 0 radical (unpaired) electrons. The van der Waals surface area contributed by atoms with Crippen LogP contribution in [-0.2, 0) is 14.3 Å². The molecule has 30 heavy (non-hydrogen) atoms. The van der Waals surface area contributed by atoms with Crippen molar-refractivity contribution in [2.75, 3.05) is 32.4 Å². The lowest BCUT2D eigenvalue weighted by molar-refractivity contribution is -0.142. The zero-order chi connectivity index (χ0) is 21.3. The summed E-state index contributed by atoms with van der Waals surface area (Å²) in [4.78, 5) is 23.8. The number of hydrogen-bond donors (Lipinski definition) is 1. The fraction of sp³-hybridized carbons (Fsp3) is 0.190. The quantitative estimate of drug-likeness (QED) is 0.521. The Bertz CT molecular complexity index is 1010. The van der Waals surface area contributed by atoms with Crippen LogP contribution >= 0.6 is 0 Å². The number of carbonyl (C=O) groups is 2.